The van der Waals surface area contributed by atoms with Crippen molar-refractivity contribution in [3.05, 3.63) is 0 Å². The summed E-state index contributed by atoms with van der Waals surface area (Å²) in [5.74, 6) is -1.39. The molecule has 2 rings (SSSR count). The van der Waals surface area contributed by atoms with E-state index in [1.165, 1.54) is 4.90 Å². The number of amides is 1. The van der Waals surface area contributed by atoms with Crippen LogP contribution in [0.3, 0.4) is 0 Å². The van der Waals surface area contributed by atoms with Gasteiger partial charge in [0.15, 0.2) is 0 Å². The van der Waals surface area contributed by atoms with E-state index in [0.29, 0.717) is 12.8 Å². The van der Waals surface area contributed by atoms with Gasteiger partial charge in [-0.1, -0.05) is 12.8 Å². The van der Waals surface area contributed by atoms with Crippen molar-refractivity contribution in [2.45, 2.75) is 49.8 Å². The molecular formula is C11H18N2O4. The van der Waals surface area contributed by atoms with Crippen LogP contribution in [0.15, 0.2) is 0 Å². The summed E-state index contributed by atoms with van der Waals surface area (Å²) < 4.78 is 0. The number of β-amino-alcohol motifs (C(OH)–C–C–N with tert-alkyl or cyclic N) is 1. The van der Waals surface area contributed by atoms with Crippen LogP contribution in [0.1, 0.15) is 32.1 Å². The van der Waals surface area contributed by atoms with Crippen molar-refractivity contribution < 1.29 is 19.8 Å². The number of aliphatic hydroxyl groups is 1. The molecule has 17 heavy (non-hydrogen) atoms. The highest BCUT2D eigenvalue weighted by molar-refractivity contribution is 5.90. The third kappa shape index (κ3) is 2.14. The Labute approximate surface area is 99.4 Å². The van der Waals surface area contributed by atoms with Crippen molar-refractivity contribution >= 4 is 11.9 Å². The molecule has 1 unspecified atom stereocenters. The van der Waals surface area contributed by atoms with Crippen molar-refractivity contribution in [3.63, 3.8) is 0 Å². The number of hydrogen-bond acceptors (Lipinski definition) is 4. The lowest BCUT2D eigenvalue weighted by Gasteiger charge is -2.30. The number of aliphatic hydroxyl groups excluding tert-OH is 1. The topological polar surface area (TPSA) is 104 Å². The van der Waals surface area contributed by atoms with E-state index in [4.69, 9.17) is 10.8 Å². The van der Waals surface area contributed by atoms with Gasteiger partial charge in [0.05, 0.1) is 11.6 Å². The Morgan fingerprint density at radius 1 is 1.29 bits per heavy atom. The Balaban J connectivity index is 2.15. The highest BCUT2D eigenvalue weighted by Gasteiger charge is 2.47. The van der Waals surface area contributed by atoms with Crippen molar-refractivity contribution in [2.24, 2.45) is 5.73 Å². The Hall–Kier alpha value is -1.14. The zero-order valence-corrected chi connectivity index (χ0v) is 9.63. The molecule has 0 aromatic rings. The van der Waals surface area contributed by atoms with E-state index in [0.717, 1.165) is 12.8 Å². The molecule has 6 nitrogen and oxygen atoms in total. The summed E-state index contributed by atoms with van der Waals surface area (Å²) in [6, 6.07) is -0.932. The van der Waals surface area contributed by atoms with Crippen molar-refractivity contribution in [2.75, 3.05) is 6.54 Å². The minimum Gasteiger partial charge on any atom is -0.480 e. The van der Waals surface area contributed by atoms with E-state index >= 15 is 0 Å². The second kappa shape index (κ2) is 4.27. The number of rotatable bonds is 2. The van der Waals surface area contributed by atoms with Crippen molar-refractivity contribution in [1.82, 2.24) is 4.90 Å². The molecule has 0 aromatic heterocycles. The number of aliphatic carboxylic acids is 1. The number of carboxylic acid groups (broad SMARTS) is 1. The highest BCUT2D eigenvalue weighted by Crippen LogP contribution is 2.31. The largest absolute Gasteiger partial charge is 0.480 e. The normalized spacial score (nSPS) is 31.8. The molecule has 4 N–H and O–H groups in total. The number of nitrogens with two attached hydrogens (primary N) is 1. The summed E-state index contributed by atoms with van der Waals surface area (Å²) in [5, 5.41) is 18.5. The van der Waals surface area contributed by atoms with Gasteiger partial charge in [0.2, 0.25) is 5.91 Å². The molecule has 1 heterocycles. The van der Waals surface area contributed by atoms with Crippen molar-refractivity contribution in [1.29, 1.82) is 0 Å². The fourth-order valence-electron chi connectivity index (χ4n) is 2.78. The van der Waals surface area contributed by atoms with Crippen LogP contribution in [-0.4, -0.2) is 51.2 Å². The lowest BCUT2D eigenvalue weighted by Crippen LogP contribution is -2.56. The maximum Gasteiger partial charge on any atom is 0.326 e. The molecule has 96 valence electrons. The maximum atomic E-state index is 12.3. The second-order valence-electron chi connectivity index (χ2n) is 5.06. The van der Waals surface area contributed by atoms with Gasteiger partial charge < -0.3 is 20.8 Å². The van der Waals surface area contributed by atoms with Gasteiger partial charge in [-0.3, -0.25) is 4.79 Å². The first-order valence-electron chi connectivity index (χ1n) is 5.95. The summed E-state index contributed by atoms with van der Waals surface area (Å²) in [6.45, 7) is 0.0781. The van der Waals surface area contributed by atoms with E-state index in [-0.39, 0.29) is 18.9 Å². The van der Waals surface area contributed by atoms with Crippen LogP contribution in [0.25, 0.3) is 0 Å². The predicted molar refractivity (Wildman–Crippen MR) is 59.1 cm³/mol. The predicted octanol–water partition coefficient (Wildman–Crippen LogP) is -0.696. The smallest absolute Gasteiger partial charge is 0.326 e. The number of carboxylic acids is 1. The number of likely N-dealkylation sites (tertiary alicyclic amines) is 1. The second-order valence-corrected chi connectivity index (χ2v) is 5.06. The maximum absolute atomic E-state index is 12.3. The third-order valence-corrected chi connectivity index (χ3v) is 3.75. The molecule has 2 aliphatic rings. The van der Waals surface area contributed by atoms with Crippen LogP contribution in [-0.2, 0) is 9.59 Å². The monoisotopic (exact) mass is 242 g/mol. The molecular weight excluding hydrogens is 224 g/mol. The van der Waals surface area contributed by atoms with Crippen LogP contribution in [0.2, 0.25) is 0 Å². The summed E-state index contributed by atoms with van der Waals surface area (Å²) in [5.41, 5.74) is 5.11. The number of nitrogens with zero attached hydrogens (tertiary/aromatic N) is 1. The van der Waals surface area contributed by atoms with Gasteiger partial charge in [0.1, 0.15) is 6.04 Å². The number of hydrogen-bond donors (Lipinski definition) is 3. The number of carbonyl (C=O) groups excluding carboxylic acids is 1. The van der Waals surface area contributed by atoms with Crippen LogP contribution >= 0.6 is 0 Å². The SMILES string of the molecule is NC1(C(=O)N2CC(O)C[C@H]2C(=O)O)CCCC1. The molecule has 0 spiro atoms. The molecule has 1 saturated carbocycles. The summed E-state index contributed by atoms with van der Waals surface area (Å²) in [4.78, 5) is 24.5. The van der Waals surface area contributed by atoms with Crippen LogP contribution in [0.4, 0.5) is 0 Å². The van der Waals surface area contributed by atoms with Gasteiger partial charge in [0, 0.05) is 13.0 Å². The standard InChI is InChI=1S/C11H18N2O4/c12-11(3-1-2-4-11)10(17)13-6-7(14)5-8(13)9(15)16/h7-8,14H,1-6,12H2,(H,15,16)/t7?,8-/m0/s1. The lowest BCUT2D eigenvalue weighted by molar-refractivity contribution is -0.150. The van der Waals surface area contributed by atoms with Crippen LogP contribution < -0.4 is 5.73 Å². The fraction of sp³-hybridized carbons (Fsp3) is 0.818. The van der Waals surface area contributed by atoms with Gasteiger partial charge >= 0.3 is 5.97 Å². The van der Waals surface area contributed by atoms with E-state index in [9.17, 15) is 14.7 Å². The first-order chi connectivity index (χ1) is 7.94. The van der Waals surface area contributed by atoms with E-state index in [1.54, 1.807) is 0 Å². The zero-order chi connectivity index (χ0) is 12.6. The molecule has 1 aliphatic carbocycles. The minimum absolute atomic E-state index is 0.0781. The molecule has 6 heteroatoms. The lowest BCUT2D eigenvalue weighted by atomic mass is 9.97. The summed E-state index contributed by atoms with van der Waals surface area (Å²) >= 11 is 0. The summed E-state index contributed by atoms with van der Waals surface area (Å²) in [7, 11) is 0. The number of carbonyl (C=O) groups is 2. The summed E-state index contributed by atoms with van der Waals surface area (Å²) in [6.07, 6.45) is 2.34. The average Bonchev–Trinajstić information content (AvgIpc) is 2.84. The minimum atomic E-state index is -1.07. The molecule has 0 radical (unpaired) electrons. The molecule has 1 amide bonds. The van der Waals surface area contributed by atoms with E-state index in [2.05, 4.69) is 0 Å². The van der Waals surface area contributed by atoms with Gasteiger partial charge in [-0.25, -0.2) is 4.79 Å². The molecule has 1 aliphatic heterocycles. The first kappa shape index (κ1) is 12.3. The van der Waals surface area contributed by atoms with E-state index < -0.39 is 23.7 Å². The average molecular weight is 242 g/mol. The molecule has 0 aromatic carbocycles. The Morgan fingerprint density at radius 2 is 1.88 bits per heavy atom. The van der Waals surface area contributed by atoms with Gasteiger partial charge in [0.25, 0.3) is 0 Å². The van der Waals surface area contributed by atoms with Crippen LogP contribution in [0, 0.1) is 0 Å². The van der Waals surface area contributed by atoms with Crippen molar-refractivity contribution in [3.8, 4) is 0 Å². The van der Waals surface area contributed by atoms with Crippen LogP contribution in [0.5, 0.6) is 0 Å². The Bertz CT molecular complexity index is 338. The van der Waals surface area contributed by atoms with Gasteiger partial charge in [-0.05, 0) is 12.8 Å². The molecule has 0 bridgehead atoms. The van der Waals surface area contributed by atoms with E-state index in [1.807, 2.05) is 0 Å². The Morgan fingerprint density at radius 3 is 2.41 bits per heavy atom. The third-order valence-electron chi connectivity index (χ3n) is 3.75. The molecule has 2 atom stereocenters. The quantitative estimate of drug-likeness (QED) is 0.594. The zero-order valence-electron chi connectivity index (χ0n) is 9.63. The fourth-order valence-corrected chi connectivity index (χ4v) is 2.78. The highest BCUT2D eigenvalue weighted by atomic mass is 16.4. The Kier molecular flexibility index (Phi) is 3.09. The molecule has 2 fully saturated rings. The molecule has 1 saturated heterocycles. The first-order valence-corrected chi connectivity index (χ1v) is 5.95. The van der Waals surface area contributed by atoms with Gasteiger partial charge in [-0.15, -0.1) is 0 Å². The van der Waals surface area contributed by atoms with Gasteiger partial charge in [-0.2, -0.15) is 0 Å².